The van der Waals surface area contributed by atoms with Crippen LogP contribution in [-0.4, -0.2) is 62.5 Å². The zero-order valence-electron chi connectivity index (χ0n) is 25.3. The van der Waals surface area contributed by atoms with Crippen molar-refractivity contribution in [3.05, 3.63) is 48.5 Å². The zero-order valence-corrected chi connectivity index (χ0v) is 27.0. The van der Waals surface area contributed by atoms with Crippen molar-refractivity contribution >= 4 is 66.1 Å². The van der Waals surface area contributed by atoms with Gasteiger partial charge < -0.3 is 10.6 Å². The Bertz CT molecular complexity index is 1480. The number of carbonyl (C=O) groups excluding carboxylic acids is 4. The Hall–Kier alpha value is -4.18. The zero-order chi connectivity index (χ0) is 33.2. The summed E-state index contributed by atoms with van der Waals surface area (Å²) in [5, 5.41) is 4.18. The van der Waals surface area contributed by atoms with Crippen LogP contribution in [0.3, 0.4) is 0 Å². The average molecular weight is 677 g/mol. The van der Waals surface area contributed by atoms with Crippen LogP contribution >= 0.6 is 0 Å². The Kier molecular flexibility index (Phi) is 12.0. The number of sulfone groups is 2. The number of hydrazine groups is 2. The van der Waals surface area contributed by atoms with E-state index in [0.717, 1.165) is 38.5 Å². The minimum absolute atomic E-state index is 0.373. The lowest BCUT2D eigenvalue weighted by Gasteiger charge is -2.21. The third kappa shape index (κ3) is 10.4. The lowest BCUT2D eigenvalue weighted by molar-refractivity contribution is -0.138. The highest BCUT2D eigenvalue weighted by Gasteiger charge is 2.30. The van der Waals surface area contributed by atoms with Crippen LogP contribution in [0.15, 0.2) is 48.5 Å². The molecule has 46 heavy (non-hydrogen) atoms. The molecule has 0 aliphatic heterocycles. The largest absolute Gasteiger partial charge is 0.329 e. The maximum absolute atomic E-state index is 12.5. The predicted octanol–water partition coefficient (Wildman–Crippen LogP) is 2.65. The highest BCUT2D eigenvalue weighted by molar-refractivity contribution is 7.93. The van der Waals surface area contributed by atoms with E-state index < -0.39 is 65.3 Å². The van der Waals surface area contributed by atoms with E-state index in [1.54, 1.807) is 0 Å². The molecule has 2 aromatic rings. The minimum Gasteiger partial charge on any atom is -0.325 e. The summed E-state index contributed by atoms with van der Waals surface area (Å²) in [7, 11) is -7.05. The lowest BCUT2D eigenvalue weighted by atomic mass is 10.0. The number of hydrogen-bond acceptors (Lipinski definition) is 10. The fourth-order valence-electron chi connectivity index (χ4n) is 5.49. The Balaban J connectivity index is 1.15. The van der Waals surface area contributed by atoms with Gasteiger partial charge in [-0.2, -0.15) is 0 Å². The number of anilines is 4. The van der Waals surface area contributed by atoms with Crippen LogP contribution in [0.2, 0.25) is 0 Å². The quantitative estimate of drug-likeness (QED) is 0.143. The van der Waals surface area contributed by atoms with E-state index in [1.165, 1.54) is 48.5 Å². The Morgan fingerprint density at radius 2 is 0.804 bits per heavy atom. The molecule has 250 valence electrons. The predicted molar refractivity (Wildman–Crippen MR) is 175 cm³/mol. The van der Waals surface area contributed by atoms with Gasteiger partial charge in [-0.05, 0) is 74.2 Å². The fraction of sp³-hybridized carbons (Fsp3) is 0.467. The molecule has 0 spiro atoms. The summed E-state index contributed by atoms with van der Waals surface area (Å²) in [5.41, 5.74) is 11.1. The highest BCUT2D eigenvalue weighted by Crippen LogP contribution is 2.25. The molecule has 4 rings (SSSR count). The van der Waals surface area contributed by atoms with Crippen molar-refractivity contribution in [2.45, 2.75) is 74.7 Å². The molecule has 0 saturated heterocycles. The van der Waals surface area contributed by atoms with Crippen molar-refractivity contribution in [2.24, 2.45) is 0 Å². The number of carbonyl (C=O) groups is 4. The van der Waals surface area contributed by atoms with Crippen molar-refractivity contribution in [3.8, 4) is 0 Å². The second-order valence-electron chi connectivity index (χ2n) is 11.5. The molecule has 6 N–H and O–H groups in total. The van der Waals surface area contributed by atoms with E-state index >= 15 is 0 Å². The molecule has 14 nitrogen and oxygen atoms in total. The molecular formula is C30H40N6O8S2. The molecule has 0 unspecified atom stereocenters. The first-order valence-corrected chi connectivity index (χ1v) is 18.7. The molecule has 0 atom stereocenters. The Morgan fingerprint density at radius 1 is 0.500 bits per heavy atom. The van der Waals surface area contributed by atoms with Crippen molar-refractivity contribution in [3.63, 3.8) is 0 Å². The molecule has 2 aliphatic rings. The topological polar surface area (TPSA) is 209 Å². The molecule has 0 heterocycles. The van der Waals surface area contributed by atoms with Crippen molar-refractivity contribution in [1.82, 2.24) is 10.9 Å². The summed E-state index contributed by atoms with van der Waals surface area (Å²) in [6.45, 7) is 0. The van der Waals surface area contributed by atoms with Crippen LogP contribution in [0.1, 0.15) is 64.2 Å². The van der Waals surface area contributed by atoms with E-state index in [0.29, 0.717) is 48.4 Å². The maximum Gasteiger partial charge on any atom is 0.329 e. The van der Waals surface area contributed by atoms with E-state index in [9.17, 15) is 36.0 Å². The van der Waals surface area contributed by atoms with Gasteiger partial charge in [0.2, 0.25) is 11.8 Å². The van der Waals surface area contributed by atoms with Crippen LogP contribution in [0.25, 0.3) is 0 Å². The van der Waals surface area contributed by atoms with Gasteiger partial charge in [-0.25, -0.2) is 16.8 Å². The molecule has 16 heteroatoms. The van der Waals surface area contributed by atoms with Crippen LogP contribution in [-0.2, 0) is 38.9 Å². The standard InChI is InChI=1S/C30H40N6O8S2/c37-27(19-45(41,42)25-7-3-1-4-8-25)31-21-11-15-23(16-12-21)33-35-29(39)30(40)36-34-24-17-13-22(14-18-24)32-28(38)20-46(43,44)26-9-5-2-6-10-26/h11-18,25-26,33-34H,1-10,19-20H2,(H,31,37)(H,32,38)(H,35,39)(H,36,40). The first-order valence-electron chi connectivity index (χ1n) is 15.3. The SMILES string of the molecule is O=C(CS(=O)(=O)C1CCCCC1)Nc1ccc(NNC(=O)C(=O)NNc2ccc(NC(=O)CS(=O)(=O)C3CCCCC3)cc2)cc1. The van der Waals surface area contributed by atoms with Crippen LogP contribution in [0.4, 0.5) is 22.7 Å². The summed E-state index contributed by atoms with van der Waals surface area (Å²) in [6, 6.07) is 12.2. The van der Waals surface area contributed by atoms with E-state index in [2.05, 4.69) is 32.3 Å². The smallest absolute Gasteiger partial charge is 0.325 e. The van der Waals surface area contributed by atoms with E-state index in [1.807, 2.05) is 0 Å². The molecule has 0 radical (unpaired) electrons. The van der Waals surface area contributed by atoms with Crippen molar-refractivity contribution in [1.29, 1.82) is 0 Å². The van der Waals surface area contributed by atoms with Crippen molar-refractivity contribution in [2.75, 3.05) is 33.0 Å². The second-order valence-corrected chi connectivity index (χ2v) is 16.1. The van der Waals surface area contributed by atoms with Gasteiger partial charge in [-0.15, -0.1) is 0 Å². The van der Waals surface area contributed by atoms with E-state index in [4.69, 9.17) is 0 Å². The second kappa shape index (κ2) is 15.9. The van der Waals surface area contributed by atoms with Gasteiger partial charge in [0.15, 0.2) is 19.7 Å². The molecule has 0 bridgehead atoms. The van der Waals surface area contributed by atoms with Crippen LogP contribution < -0.4 is 32.3 Å². The summed E-state index contributed by atoms with van der Waals surface area (Å²) in [4.78, 5) is 49.0. The molecule has 2 saturated carbocycles. The van der Waals surface area contributed by atoms with Gasteiger partial charge >= 0.3 is 11.8 Å². The van der Waals surface area contributed by atoms with Gasteiger partial charge in [0.25, 0.3) is 0 Å². The summed E-state index contributed by atoms with van der Waals surface area (Å²) in [5.74, 6) is -4.43. The van der Waals surface area contributed by atoms with Crippen LogP contribution in [0.5, 0.6) is 0 Å². The lowest BCUT2D eigenvalue weighted by Crippen LogP contribution is -2.44. The normalized spacial score (nSPS) is 16.1. The van der Waals surface area contributed by atoms with Gasteiger partial charge in [0.05, 0.1) is 21.9 Å². The number of rotatable bonds is 12. The first-order chi connectivity index (χ1) is 21.9. The summed E-state index contributed by atoms with van der Waals surface area (Å²) >= 11 is 0. The van der Waals surface area contributed by atoms with Crippen molar-refractivity contribution < 1.29 is 36.0 Å². The number of amides is 4. The summed E-state index contributed by atoms with van der Waals surface area (Å²) < 4.78 is 50.1. The van der Waals surface area contributed by atoms with Crippen LogP contribution in [0, 0.1) is 0 Å². The molecular weight excluding hydrogens is 636 g/mol. The Morgan fingerprint density at radius 3 is 1.13 bits per heavy atom. The molecule has 2 aliphatic carbocycles. The molecule has 2 fully saturated rings. The number of hydrogen-bond donors (Lipinski definition) is 6. The van der Waals surface area contributed by atoms with Gasteiger partial charge in [0.1, 0.15) is 11.5 Å². The number of benzene rings is 2. The number of nitrogens with one attached hydrogen (secondary N) is 6. The fourth-order valence-corrected chi connectivity index (χ4v) is 8.94. The monoisotopic (exact) mass is 676 g/mol. The highest BCUT2D eigenvalue weighted by atomic mass is 32.2. The summed E-state index contributed by atoms with van der Waals surface area (Å²) in [6.07, 6.45) is 7.76. The molecule has 0 aromatic heterocycles. The Labute approximate surface area is 268 Å². The van der Waals surface area contributed by atoms with Gasteiger partial charge in [-0.3, -0.25) is 40.9 Å². The maximum atomic E-state index is 12.5. The first kappa shape index (κ1) is 34.7. The third-order valence-corrected chi connectivity index (χ3v) is 12.3. The molecule has 4 amide bonds. The average Bonchev–Trinajstić information content (AvgIpc) is 3.04. The van der Waals surface area contributed by atoms with E-state index in [-0.39, 0.29) is 0 Å². The van der Waals surface area contributed by atoms with Gasteiger partial charge in [-0.1, -0.05) is 38.5 Å². The minimum atomic E-state index is -3.52. The third-order valence-electron chi connectivity index (χ3n) is 7.97. The van der Waals surface area contributed by atoms with Gasteiger partial charge in [0, 0.05) is 11.4 Å². The molecule has 2 aromatic carbocycles.